The number of para-hydroxylation sites is 1. The summed E-state index contributed by atoms with van der Waals surface area (Å²) in [6, 6.07) is 6.80. The molecule has 1 saturated heterocycles. The highest BCUT2D eigenvalue weighted by Gasteiger charge is 2.51. The fraction of sp³-hybridized carbons (Fsp3) is 0.500. The molecule has 206 valence electrons. The molecule has 15 nitrogen and oxygen atoms in total. The molecule has 1 fully saturated rings. The average molecular weight is 552 g/mol. The highest BCUT2D eigenvalue weighted by atomic mass is 31.2. The minimum atomic E-state index is -4.40. The maximum absolute atomic E-state index is 13.8. The van der Waals surface area contributed by atoms with Gasteiger partial charge in [-0.3, -0.25) is 23.7 Å². The zero-order chi connectivity index (χ0) is 28.1. The topological polar surface area (TPSA) is 207 Å². The third kappa shape index (κ3) is 6.90. The van der Waals surface area contributed by atoms with E-state index in [1.807, 2.05) is 0 Å². The van der Waals surface area contributed by atoms with Crippen molar-refractivity contribution in [2.75, 3.05) is 6.61 Å². The summed E-state index contributed by atoms with van der Waals surface area (Å²) in [7, 11) is -4.40. The van der Waals surface area contributed by atoms with Crippen LogP contribution >= 0.6 is 7.75 Å². The van der Waals surface area contributed by atoms with Gasteiger partial charge in [0.25, 0.3) is 5.56 Å². The van der Waals surface area contributed by atoms with Crippen LogP contribution < -0.4 is 20.9 Å². The lowest BCUT2D eigenvalue weighted by Crippen LogP contribution is -2.43. The molecule has 0 spiro atoms. The number of carbonyl (C=O) groups excluding carboxylic acids is 1. The number of aryl methyl sites for hydroxylation is 1. The number of carbonyl (C=O) groups is 1. The minimum absolute atomic E-state index is 0.131. The van der Waals surface area contributed by atoms with Gasteiger partial charge >= 0.3 is 19.4 Å². The second-order valence-corrected chi connectivity index (χ2v) is 10.5. The fourth-order valence-electron chi connectivity index (χ4n) is 3.54. The Morgan fingerprint density at radius 2 is 2.05 bits per heavy atom. The highest BCUT2D eigenvalue weighted by Crippen LogP contribution is 2.48. The molecule has 0 bridgehead atoms. The van der Waals surface area contributed by atoms with Crippen molar-refractivity contribution in [2.45, 2.75) is 64.3 Å². The van der Waals surface area contributed by atoms with Crippen LogP contribution in [0.5, 0.6) is 5.75 Å². The number of ether oxygens (including phenoxy) is 2. The molecule has 1 unspecified atom stereocenters. The van der Waals surface area contributed by atoms with Crippen molar-refractivity contribution in [3.05, 3.63) is 73.4 Å². The summed E-state index contributed by atoms with van der Waals surface area (Å²) in [6.07, 6.45) is -2.12. The summed E-state index contributed by atoms with van der Waals surface area (Å²) in [4.78, 5) is 41.2. The van der Waals surface area contributed by atoms with Gasteiger partial charge in [0.05, 0.1) is 18.8 Å². The van der Waals surface area contributed by atoms with Crippen LogP contribution in [0.1, 0.15) is 39.0 Å². The average Bonchev–Trinajstić information content (AvgIpc) is 3.16. The SMILES string of the molecule is Cc1cn([C@H]2C[C@H](O)[C@](COP(=O)(N[C@@H](C)C(=O)OC(C)C)Oc3ccccc3)(N=[N+]=[N-])O2)c(=O)[nH]c1=O. The molecule has 38 heavy (non-hydrogen) atoms. The summed E-state index contributed by atoms with van der Waals surface area (Å²) < 4.78 is 36.8. The third-order valence-corrected chi connectivity index (χ3v) is 7.05. The molecule has 0 aliphatic carbocycles. The van der Waals surface area contributed by atoms with Crippen LogP contribution in [0.4, 0.5) is 0 Å². The van der Waals surface area contributed by atoms with Gasteiger partial charge in [-0.25, -0.2) is 9.36 Å². The first-order valence-electron chi connectivity index (χ1n) is 11.6. The Balaban J connectivity index is 1.88. The number of H-pyrrole nitrogens is 1. The van der Waals surface area contributed by atoms with E-state index in [9.17, 15) is 29.6 Å². The molecule has 2 aromatic rings. The van der Waals surface area contributed by atoms with Crippen molar-refractivity contribution in [1.82, 2.24) is 14.6 Å². The van der Waals surface area contributed by atoms with Gasteiger partial charge in [-0.05, 0) is 45.4 Å². The molecule has 1 aromatic heterocycles. The number of aliphatic hydroxyl groups excluding tert-OH is 1. The molecular formula is C22H29N6O9P. The lowest BCUT2D eigenvalue weighted by atomic mass is 10.1. The van der Waals surface area contributed by atoms with E-state index in [-0.39, 0.29) is 17.7 Å². The Kier molecular flexibility index (Phi) is 9.15. The first kappa shape index (κ1) is 29.1. The minimum Gasteiger partial charge on any atom is -0.462 e. The van der Waals surface area contributed by atoms with Gasteiger partial charge in [-0.2, -0.15) is 5.09 Å². The third-order valence-electron chi connectivity index (χ3n) is 5.42. The zero-order valence-electron chi connectivity index (χ0n) is 21.1. The number of nitrogens with zero attached hydrogens (tertiary/aromatic N) is 4. The Hall–Kier alpha value is -3.45. The Bertz CT molecular complexity index is 1360. The molecule has 0 radical (unpaired) electrons. The largest absolute Gasteiger partial charge is 0.462 e. The predicted octanol–water partition coefficient (Wildman–Crippen LogP) is 2.26. The lowest BCUT2D eigenvalue weighted by molar-refractivity contribution is -0.149. The number of rotatable bonds is 11. The molecule has 3 N–H and O–H groups in total. The highest BCUT2D eigenvalue weighted by molar-refractivity contribution is 7.52. The van der Waals surface area contributed by atoms with E-state index < -0.39 is 61.8 Å². The van der Waals surface area contributed by atoms with Gasteiger partial charge in [0.1, 0.15) is 18.0 Å². The van der Waals surface area contributed by atoms with Crippen LogP contribution in [0, 0.1) is 6.92 Å². The Morgan fingerprint density at radius 3 is 2.68 bits per heavy atom. The monoisotopic (exact) mass is 552 g/mol. The zero-order valence-corrected chi connectivity index (χ0v) is 22.0. The van der Waals surface area contributed by atoms with Crippen molar-refractivity contribution in [1.29, 1.82) is 0 Å². The summed E-state index contributed by atoms with van der Waals surface area (Å²) in [5.74, 6) is -0.595. The van der Waals surface area contributed by atoms with E-state index in [0.29, 0.717) is 0 Å². The molecule has 16 heteroatoms. The maximum atomic E-state index is 13.8. The lowest BCUT2D eigenvalue weighted by Gasteiger charge is -2.30. The number of azide groups is 1. The van der Waals surface area contributed by atoms with Crippen LogP contribution in [-0.2, 0) is 23.4 Å². The summed E-state index contributed by atoms with van der Waals surface area (Å²) in [5.41, 5.74) is 5.85. The molecule has 3 rings (SSSR count). The van der Waals surface area contributed by atoms with Gasteiger partial charge in [-0.1, -0.05) is 23.3 Å². The van der Waals surface area contributed by atoms with Gasteiger partial charge in [0.15, 0.2) is 5.72 Å². The number of hydrogen-bond donors (Lipinski definition) is 3. The molecule has 1 aromatic carbocycles. The van der Waals surface area contributed by atoms with Crippen LogP contribution in [0.25, 0.3) is 10.4 Å². The van der Waals surface area contributed by atoms with E-state index >= 15 is 0 Å². The van der Waals surface area contributed by atoms with Crippen molar-refractivity contribution in [3.63, 3.8) is 0 Å². The van der Waals surface area contributed by atoms with Crippen molar-refractivity contribution >= 4 is 13.7 Å². The number of aliphatic hydroxyl groups is 1. The van der Waals surface area contributed by atoms with Crippen LogP contribution in [0.15, 0.2) is 51.2 Å². The molecule has 5 atom stereocenters. The number of esters is 1. The molecule has 2 heterocycles. The van der Waals surface area contributed by atoms with Gasteiger partial charge in [-0.15, -0.1) is 0 Å². The van der Waals surface area contributed by atoms with Crippen LogP contribution in [0.2, 0.25) is 0 Å². The van der Waals surface area contributed by atoms with E-state index in [1.54, 1.807) is 32.0 Å². The molecule has 0 saturated carbocycles. The van der Waals surface area contributed by atoms with Gasteiger partial charge in [0, 0.05) is 23.1 Å². The Labute approximate surface area is 216 Å². The quantitative estimate of drug-likeness (QED) is 0.122. The van der Waals surface area contributed by atoms with E-state index in [0.717, 1.165) is 4.57 Å². The molecule has 1 aliphatic heterocycles. The van der Waals surface area contributed by atoms with Crippen LogP contribution in [-0.4, -0.2) is 51.2 Å². The predicted molar refractivity (Wildman–Crippen MR) is 133 cm³/mol. The first-order chi connectivity index (χ1) is 17.9. The molecule has 0 amide bonds. The number of benzene rings is 1. The maximum Gasteiger partial charge on any atom is 0.459 e. The van der Waals surface area contributed by atoms with Gasteiger partial charge < -0.3 is 19.1 Å². The summed E-state index contributed by atoms with van der Waals surface area (Å²) in [5, 5.41) is 16.8. The van der Waals surface area contributed by atoms with Crippen molar-refractivity contribution in [2.24, 2.45) is 5.11 Å². The fourth-order valence-corrected chi connectivity index (χ4v) is 5.06. The number of nitrogens with one attached hydrogen (secondary N) is 2. The second kappa shape index (κ2) is 11.9. The number of aromatic nitrogens is 2. The van der Waals surface area contributed by atoms with Crippen molar-refractivity contribution < 1.29 is 33.0 Å². The second-order valence-electron chi connectivity index (χ2n) is 8.85. The number of hydrogen-bond acceptors (Lipinski definition) is 10. The smallest absolute Gasteiger partial charge is 0.459 e. The summed E-state index contributed by atoms with van der Waals surface area (Å²) in [6.45, 7) is 5.36. The van der Waals surface area contributed by atoms with E-state index in [1.165, 1.54) is 32.2 Å². The first-order valence-corrected chi connectivity index (χ1v) is 13.1. The van der Waals surface area contributed by atoms with Crippen LogP contribution in [0.3, 0.4) is 0 Å². The number of aromatic amines is 1. The normalized spacial score (nSPS) is 23.3. The van der Waals surface area contributed by atoms with Crippen molar-refractivity contribution in [3.8, 4) is 5.75 Å². The standard InChI is InChI=1S/C22H29N6O9P/c1-13(2)35-20(31)15(4)25-38(33,37-16-8-6-5-7-9-16)34-12-22(26-27-23)17(29)10-18(36-22)28-11-14(3)19(30)24-21(28)32/h5-9,11,13,15,17-18,29H,10,12H2,1-4H3,(H,25,33)(H,24,30,32)/t15-,17-,18+,22+,38?/m0/s1. The molecular weight excluding hydrogens is 523 g/mol. The van der Waals surface area contributed by atoms with E-state index in [4.69, 9.17) is 18.5 Å². The van der Waals surface area contributed by atoms with Gasteiger partial charge in [0.2, 0.25) is 0 Å². The molecule has 1 aliphatic rings. The Morgan fingerprint density at radius 1 is 1.37 bits per heavy atom. The summed E-state index contributed by atoms with van der Waals surface area (Å²) >= 11 is 0. The van der Waals surface area contributed by atoms with E-state index in [2.05, 4.69) is 20.1 Å².